The lowest BCUT2D eigenvalue weighted by molar-refractivity contribution is -0.0511. The Morgan fingerprint density at radius 1 is 1.07 bits per heavy atom. The lowest BCUT2D eigenvalue weighted by Gasteiger charge is -2.16. The highest BCUT2D eigenvalue weighted by Crippen LogP contribution is 2.31. The first-order valence-electron chi connectivity index (χ1n) is 8.25. The average Bonchev–Trinajstić information content (AvgIpc) is 3.42. The zero-order chi connectivity index (χ0) is 19.7. The van der Waals surface area contributed by atoms with Gasteiger partial charge in [-0.1, -0.05) is 0 Å². The first-order valence-corrected chi connectivity index (χ1v) is 8.25. The number of imidazole rings is 2. The van der Waals surface area contributed by atoms with E-state index in [9.17, 15) is 10.2 Å². The summed E-state index contributed by atoms with van der Waals surface area (Å²) in [5, 5.41) is 28.7. The van der Waals surface area contributed by atoms with Crippen LogP contribution in [0, 0.1) is 0 Å². The molecule has 0 aliphatic carbocycles. The molecule has 6 N–H and O–H groups in total. The lowest BCUT2D eigenvalue weighted by atomic mass is 10.1. The Labute approximate surface area is 156 Å². The molecule has 0 spiro atoms. The van der Waals surface area contributed by atoms with Crippen LogP contribution in [0.15, 0.2) is 31.4 Å². The van der Waals surface area contributed by atoms with Crippen molar-refractivity contribution in [2.24, 2.45) is 0 Å². The number of ether oxygens (including phenoxy) is 1. The monoisotopic (exact) mass is 387 g/mol. The van der Waals surface area contributed by atoms with E-state index in [-0.39, 0.29) is 5.82 Å². The van der Waals surface area contributed by atoms with E-state index in [2.05, 4.69) is 34.9 Å². The Bertz CT molecular complexity index is 1050. The maximum absolute atomic E-state index is 9.95. The largest absolute Gasteiger partial charge is 0.394 e. The smallest absolute Gasteiger partial charge is 0.197 e. The Hall–Kier alpha value is -3.26. The number of nitrogen functional groups attached to an aromatic ring is 1. The molecule has 13 nitrogen and oxygen atoms in total. The van der Waals surface area contributed by atoms with Crippen molar-refractivity contribution in [3.63, 3.8) is 0 Å². The van der Waals surface area contributed by atoms with Gasteiger partial charge < -0.3 is 30.8 Å². The quantitative estimate of drug-likeness (QED) is 0.265. The number of aliphatic hydroxyl groups excluding tert-OH is 3. The minimum absolute atomic E-state index is 0.218. The van der Waals surface area contributed by atoms with Crippen LogP contribution in [0.4, 0.5) is 5.82 Å². The Balaban J connectivity index is 0.000000177. The second kappa shape index (κ2) is 7.40. The molecular weight excluding hydrogens is 370 g/mol. The summed E-state index contributed by atoms with van der Waals surface area (Å²) in [5.41, 5.74) is 7.84. The number of H-pyrrole nitrogens is 1. The number of anilines is 1. The minimum Gasteiger partial charge on any atom is -0.394 e. The second-order valence-corrected chi connectivity index (χ2v) is 5.94. The van der Waals surface area contributed by atoms with Gasteiger partial charge in [-0.2, -0.15) is 0 Å². The summed E-state index contributed by atoms with van der Waals surface area (Å²) in [6.45, 7) is -0.390. The molecule has 1 aliphatic heterocycles. The van der Waals surface area contributed by atoms with Crippen LogP contribution < -0.4 is 5.73 Å². The molecule has 28 heavy (non-hydrogen) atoms. The van der Waals surface area contributed by atoms with Crippen LogP contribution >= 0.6 is 0 Å². The number of aromatic nitrogens is 8. The standard InChI is InChI=1S/C10H13N5O4.C5H4N4/c11-8-5-9(13-2-12-8)15(3-14-5)10-7(18)6(17)4(1-16)19-10;1-2-7-5-4(6-1)8-3-9-5/h2-4,6-7,10,16-18H,1H2,(H2,11,12,13);1-3H,(H,6,7,8,9)/t4-,6-,7-,10-;/m1./s1. The molecule has 0 unspecified atom stereocenters. The Morgan fingerprint density at radius 2 is 1.89 bits per heavy atom. The first-order chi connectivity index (χ1) is 13.6. The molecule has 5 rings (SSSR count). The molecule has 1 saturated heterocycles. The van der Waals surface area contributed by atoms with Crippen molar-refractivity contribution in [1.29, 1.82) is 0 Å². The van der Waals surface area contributed by atoms with Gasteiger partial charge in [0.25, 0.3) is 0 Å². The molecule has 1 aliphatic rings. The van der Waals surface area contributed by atoms with Crippen molar-refractivity contribution in [1.82, 2.24) is 39.5 Å². The van der Waals surface area contributed by atoms with E-state index in [1.807, 2.05) is 0 Å². The molecule has 0 aromatic carbocycles. The maximum Gasteiger partial charge on any atom is 0.197 e. The van der Waals surface area contributed by atoms with Crippen molar-refractivity contribution in [3.8, 4) is 0 Å². The predicted octanol–water partition coefficient (Wildman–Crippen LogP) is -1.63. The highest BCUT2D eigenvalue weighted by molar-refractivity contribution is 5.81. The van der Waals surface area contributed by atoms with Crippen molar-refractivity contribution in [2.45, 2.75) is 24.5 Å². The van der Waals surface area contributed by atoms with Crippen molar-refractivity contribution in [2.75, 3.05) is 12.3 Å². The maximum atomic E-state index is 9.95. The zero-order valence-electron chi connectivity index (χ0n) is 14.4. The summed E-state index contributed by atoms with van der Waals surface area (Å²) in [6.07, 6.45) is 3.39. The van der Waals surface area contributed by atoms with Gasteiger partial charge in [-0.3, -0.25) is 4.57 Å². The fourth-order valence-corrected chi connectivity index (χ4v) is 2.85. The van der Waals surface area contributed by atoms with Gasteiger partial charge in [0.05, 0.1) is 19.3 Å². The van der Waals surface area contributed by atoms with Crippen molar-refractivity contribution < 1.29 is 20.1 Å². The topological polar surface area (TPSA) is 194 Å². The van der Waals surface area contributed by atoms with Gasteiger partial charge in [-0.15, -0.1) is 0 Å². The summed E-state index contributed by atoms with van der Waals surface area (Å²) in [6, 6.07) is 0. The van der Waals surface area contributed by atoms with Gasteiger partial charge in [0.1, 0.15) is 30.2 Å². The van der Waals surface area contributed by atoms with E-state index in [1.54, 1.807) is 18.7 Å². The van der Waals surface area contributed by atoms with Crippen LogP contribution in [0.2, 0.25) is 0 Å². The SMILES string of the molecule is Nc1ncnc2c1ncn2[C@@H]1O[C@H](CO)[C@@H](O)[C@H]1O.c1cnc2[nH]cnc2n1. The van der Waals surface area contributed by atoms with Crippen molar-refractivity contribution >= 4 is 28.3 Å². The molecule has 4 aromatic rings. The van der Waals surface area contributed by atoms with Gasteiger partial charge in [-0.25, -0.2) is 29.9 Å². The van der Waals surface area contributed by atoms with Crippen LogP contribution in [0.25, 0.3) is 22.5 Å². The van der Waals surface area contributed by atoms with Crippen LogP contribution in [-0.4, -0.2) is 79.7 Å². The van der Waals surface area contributed by atoms with Gasteiger partial charge in [-0.05, 0) is 0 Å². The number of nitrogens with two attached hydrogens (primary N) is 1. The van der Waals surface area contributed by atoms with Crippen LogP contribution in [-0.2, 0) is 4.74 Å². The molecule has 0 saturated carbocycles. The lowest BCUT2D eigenvalue weighted by Crippen LogP contribution is -2.33. The predicted molar refractivity (Wildman–Crippen MR) is 94.4 cm³/mol. The average molecular weight is 387 g/mol. The molecule has 1 fully saturated rings. The number of nitrogens with one attached hydrogen (secondary N) is 1. The number of nitrogens with zero attached hydrogens (tertiary/aromatic N) is 7. The molecule has 146 valence electrons. The van der Waals surface area contributed by atoms with E-state index in [1.165, 1.54) is 17.2 Å². The van der Waals surface area contributed by atoms with Crippen LogP contribution in [0.3, 0.4) is 0 Å². The normalized spacial score (nSPS) is 24.4. The Morgan fingerprint density at radius 3 is 2.64 bits per heavy atom. The number of hydrogen-bond acceptors (Lipinski definition) is 11. The highest BCUT2D eigenvalue weighted by Gasteiger charge is 2.43. The third kappa shape index (κ3) is 3.11. The fourth-order valence-electron chi connectivity index (χ4n) is 2.85. The molecule has 4 aromatic heterocycles. The van der Waals surface area contributed by atoms with E-state index in [4.69, 9.17) is 15.6 Å². The molecule has 0 bridgehead atoms. The summed E-state index contributed by atoms with van der Waals surface area (Å²) < 4.78 is 6.85. The third-order valence-electron chi connectivity index (χ3n) is 4.25. The molecular formula is C15H17N9O4. The van der Waals surface area contributed by atoms with E-state index in [0.29, 0.717) is 16.8 Å². The molecule has 0 radical (unpaired) electrons. The van der Waals surface area contributed by atoms with E-state index in [0.717, 1.165) is 5.65 Å². The third-order valence-corrected chi connectivity index (χ3v) is 4.25. The number of rotatable bonds is 2. The number of aromatic amines is 1. The summed E-state index contributed by atoms with van der Waals surface area (Å²) in [4.78, 5) is 26.5. The highest BCUT2D eigenvalue weighted by atomic mass is 16.6. The molecule has 4 atom stereocenters. The van der Waals surface area contributed by atoms with Gasteiger partial charge in [0.15, 0.2) is 29.0 Å². The van der Waals surface area contributed by atoms with Crippen molar-refractivity contribution in [3.05, 3.63) is 31.4 Å². The Kier molecular flexibility index (Phi) is 4.79. The summed E-state index contributed by atoms with van der Waals surface area (Å²) in [5.74, 6) is 0.218. The summed E-state index contributed by atoms with van der Waals surface area (Å²) in [7, 11) is 0. The zero-order valence-corrected chi connectivity index (χ0v) is 14.4. The summed E-state index contributed by atoms with van der Waals surface area (Å²) >= 11 is 0. The number of hydrogen-bond donors (Lipinski definition) is 5. The fraction of sp³-hybridized carbons (Fsp3) is 0.333. The molecule has 5 heterocycles. The first kappa shape index (κ1) is 18.1. The molecule has 13 heteroatoms. The van der Waals surface area contributed by atoms with E-state index >= 15 is 0 Å². The van der Waals surface area contributed by atoms with E-state index < -0.39 is 31.1 Å². The van der Waals surface area contributed by atoms with Crippen LogP contribution in [0.5, 0.6) is 0 Å². The van der Waals surface area contributed by atoms with Crippen LogP contribution in [0.1, 0.15) is 6.23 Å². The number of fused-ring (bicyclic) bond motifs is 2. The number of aliphatic hydroxyl groups is 3. The van der Waals surface area contributed by atoms with Gasteiger partial charge in [0, 0.05) is 12.4 Å². The molecule has 0 amide bonds. The second-order valence-electron chi connectivity index (χ2n) is 5.94. The van der Waals surface area contributed by atoms with Gasteiger partial charge >= 0.3 is 0 Å². The minimum atomic E-state index is -1.19. The van der Waals surface area contributed by atoms with Gasteiger partial charge in [0.2, 0.25) is 0 Å².